The van der Waals surface area contributed by atoms with Gasteiger partial charge in [0.05, 0.1) is 33.5 Å². The molecule has 7 heterocycles. The number of hydrogen-bond donors (Lipinski definition) is 3. The van der Waals surface area contributed by atoms with E-state index in [4.69, 9.17) is 14.5 Å². The third kappa shape index (κ3) is 9.05. The Balaban J connectivity index is 0.719. The van der Waals surface area contributed by atoms with Crippen LogP contribution in [0.5, 0.6) is 5.75 Å². The van der Waals surface area contributed by atoms with E-state index in [9.17, 15) is 14.7 Å². The van der Waals surface area contributed by atoms with Crippen LogP contribution in [0.15, 0.2) is 89.3 Å². The largest absolute Gasteiger partial charge is 0.507 e. The van der Waals surface area contributed by atoms with Gasteiger partial charge in [-0.2, -0.15) is 0 Å². The van der Waals surface area contributed by atoms with Gasteiger partial charge in [-0.05, 0) is 123 Å². The van der Waals surface area contributed by atoms with E-state index in [0.29, 0.717) is 41.8 Å². The molecule has 0 spiro atoms. The third-order valence-corrected chi connectivity index (χ3v) is 15.5. The number of fused-ring (bicyclic) bond motifs is 1. The van der Waals surface area contributed by atoms with E-state index in [2.05, 4.69) is 66.0 Å². The summed E-state index contributed by atoms with van der Waals surface area (Å²) in [6, 6.07) is 18.8. The van der Waals surface area contributed by atoms with Gasteiger partial charge in [-0.15, -0.1) is 21.5 Å². The van der Waals surface area contributed by atoms with E-state index in [0.717, 1.165) is 102 Å². The Bertz CT molecular complexity index is 2840. The van der Waals surface area contributed by atoms with Crippen LogP contribution in [-0.4, -0.2) is 82.8 Å². The molecule has 1 aliphatic carbocycles. The highest BCUT2D eigenvalue weighted by atomic mass is 32.1. The number of piperidine rings is 1. The number of aryl methyl sites for hydroxylation is 1. The number of para-hydroxylation sites is 1. The Hall–Kier alpha value is -6.48. The van der Waals surface area contributed by atoms with E-state index < -0.39 is 12.0 Å². The fraction of sp³-hybridized carbons (Fsp3) is 0.423. The molecule has 346 valence electrons. The minimum absolute atomic E-state index is 0.0391. The lowest BCUT2D eigenvalue weighted by Gasteiger charge is -2.32. The van der Waals surface area contributed by atoms with Gasteiger partial charge < -0.3 is 29.7 Å². The normalized spacial score (nSPS) is 20.1. The summed E-state index contributed by atoms with van der Waals surface area (Å²) in [5.41, 5.74) is 10.4. The van der Waals surface area contributed by atoms with Crippen molar-refractivity contribution in [2.24, 2.45) is 5.92 Å². The van der Waals surface area contributed by atoms with Gasteiger partial charge in [0.25, 0.3) is 0 Å². The number of aromatic nitrogens is 7. The summed E-state index contributed by atoms with van der Waals surface area (Å²) in [4.78, 5) is 50.7. The maximum Gasteiger partial charge on any atom is 0.243 e. The summed E-state index contributed by atoms with van der Waals surface area (Å²) in [5, 5.41) is 28.0. The van der Waals surface area contributed by atoms with E-state index in [1.54, 1.807) is 28.4 Å². The van der Waals surface area contributed by atoms with Crippen molar-refractivity contribution in [1.82, 2.24) is 45.5 Å². The van der Waals surface area contributed by atoms with E-state index >= 15 is 0 Å². The molecule has 2 aromatic carbocycles. The zero-order chi connectivity index (χ0) is 46.2. The summed E-state index contributed by atoms with van der Waals surface area (Å²) >= 11 is 1.62. The van der Waals surface area contributed by atoms with Gasteiger partial charge >= 0.3 is 0 Å². The van der Waals surface area contributed by atoms with Crippen LogP contribution in [0.25, 0.3) is 32.7 Å². The van der Waals surface area contributed by atoms with Crippen LogP contribution in [0.1, 0.15) is 136 Å². The number of phenolic OH excluding ortho intramolecular Hbond substituents is 1. The summed E-state index contributed by atoms with van der Waals surface area (Å²) in [6.45, 7) is 10.3. The molecule has 0 unspecified atom stereocenters. The van der Waals surface area contributed by atoms with Crippen LogP contribution in [0.3, 0.4) is 0 Å². The van der Waals surface area contributed by atoms with Gasteiger partial charge in [-0.25, -0.2) is 15.0 Å². The van der Waals surface area contributed by atoms with Crippen molar-refractivity contribution >= 4 is 40.1 Å². The minimum atomic E-state index is -0.530. The number of aromatic hydroxyl groups is 1. The van der Waals surface area contributed by atoms with Gasteiger partial charge in [0.2, 0.25) is 17.8 Å². The van der Waals surface area contributed by atoms with Crippen molar-refractivity contribution in [1.29, 1.82) is 0 Å². The fourth-order valence-electron chi connectivity index (χ4n) is 10.7. The average molecular weight is 919 g/mol. The zero-order valence-corrected chi connectivity index (χ0v) is 39.4. The minimum Gasteiger partial charge on any atom is -0.507 e. The second kappa shape index (κ2) is 19.0. The van der Waals surface area contributed by atoms with E-state index in [-0.39, 0.29) is 35.4 Å². The molecule has 3 atom stereocenters. The van der Waals surface area contributed by atoms with Crippen molar-refractivity contribution in [3.63, 3.8) is 0 Å². The van der Waals surface area contributed by atoms with Crippen molar-refractivity contribution in [3.8, 4) is 27.4 Å². The molecule has 2 saturated heterocycles. The molecule has 7 aromatic rings. The predicted molar refractivity (Wildman–Crippen MR) is 259 cm³/mol. The van der Waals surface area contributed by atoms with Crippen LogP contribution < -0.4 is 10.2 Å². The average Bonchev–Trinajstić information content (AvgIpc) is 4.20. The quantitative estimate of drug-likeness (QED) is 0.106. The molecule has 0 radical (unpaired) electrons. The summed E-state index contributed by atoms with van der Waals surface area (Å²) in [7, 11) is 0. The number of carbonyl (C=O) groups is 2. The molecule has 2 amide bonds. The maximum absolute atomic E-state index is 14.3. The number of carbonyl (C=O) groups excluding carboxylic acids is 2. The fourth-order valence-corrected chi connectivity index (χ4v) is 11.5. The SMILES string of the molecule is Cc1ncsc1-c1ccc([C@H](C)NC(=O)[C@@H]2CCCN2C(=O)[C@H](c2cc([C@H]3CC[C@@H](c4cnc(N5CCC(c6c[nH]c7nnc(-c8ccccc8O)cc67)CC5)nc4)CC3)no2)C(C)C)cc1. The highest BCUT2D eigenvalue weighted by Crippen LogP contribution is 2.42. The third-order valence-electron chi connectivity index (χ3n) is 14.5. The molecule has 3 aliphatic rings. The summed E-state index contributed by atoms with van der Waals surface area (Å²) < 4.78 is 6.00. The molecule has 15 heteroatoms. The zero-order valence-electron chi connectivity index (χ0n) is 38.6. The first-order valence-electron chi connectivity index (χ1n) is 23.9. The Morgan fingerprint density at radius 2 is 1.61 bits per heavy atom. The van der Waals surface area contributed by atoms with Gasteiger partial charge in [0, 0.05) is 61.2 Å². The number of phenols is 1. The standard InChI is InChI=1S/C52H58N10O4S/c1-30(2)47(51(65)62-21-7-9-44(62)50(64)57-31(3)33-11-17-37(18-12-33)48-32(4)56-29-67-48)46-25-42(60-66-46)36-15-13-34(14-16-36)38-26-54-52(55-27-38)61-22-19-35(20-23-61)41-28-53-49-40(41)24-43(58-59-49)39-8-5-6-10-45(39)63/h5-6,8,10-12,17-18,24-31,34-36,44,47,63H,7,9,13-16,19-23H2,1-4H3,(H,53,59)(H,57,64)/t31-,34-,36+,44-,47-/m0/s1. The first kappa shape index (κ1) is 44.4. The molecule has 3 N–H and O–H groups in total. The lowest BCUT2D eigenvalue weighted by molar-refractivity contribution is -0.141. The molecule has 1 saturated carbocycles. The van der Waals surface area contributed by atoms with Crippen molar-refractivity contribution in [3.05, 3.63) is 119 Å². The first-order chi connectivity index (χ1) is 32.6. The molecule has 0 bridgehead atoms. The lowest BCUT2D eigenvalue weighted by atomic mass is 9.78. The highest BCUT2D eigenvalue weighted by molar-refractivity contribution is 7.13. The van der Waals surface area contributed by atoms with Crippen LogP contribution in [0.4, 0.5) is 5.95 Å². The number of nitrogens with zero attached hydrogens (tertiary/aromatic N) is 8. The number of anilines is 1. The highest BCUT2D eigenvalue weighted by Gasteiger charge is 2.41. The number of amides is 2. The molecule has 10 rings (SSSR count). The van der Waals surface area contributed by atoms with Crippen molar-refractivity contribution in [2.75, 3.05) is 24.5 Å². The topological polar surface area (TPSA) is 179 Å². The number of aromatic amines is 1. The molecular formula is C52H58N10O4S. The number of likely N-dealkylation sites (tertiary alicyclic amines) is 1. The van der Waals surface area contributed by atoms with Crippen LogP contribution in [0.2, 0.25) is 0 Å². The van der Waals surface area contributed by atoms with Gasteiger partial charge in [0.15, 0.2) is 5.65 Å². The first-order valence-corrected chi connectivity index (χ1v) is 24.7. The van der Waals surface area contributed by atoms with Crippen molar-refractivity contribution < 1.29 is 19.2 Å². The molecule has 2 aliphatic heterocycles. The van der Waals surface area contributed by atoms with Gasteiger partial charge in [-0.3, -0.25) is 9.59 Å². The number of benzene rings is 2. The van der Waals surface area contributed by atoms with Crippen LogP contribution >= 0.6 is 11.3 Å². The Kier molecular flexibility index (Phi) is 12.6. The maximum atomic E-state index is 14.3. The monoisotopic (exact) mass is 918 g/mol. The number of nitrogens with one attached hydrogen (secondary N) is 2. The number of thiazole rings is 1. The van der Waals surface area contributed by atoms with Gasteiger partial charge in [-0.1, -0.05) is 55.4 Å². The molecular weight excluding hydrogens is 861 g/mol. The lowest BCUT2D eigenvalue weighted by Crippen LogP contribution is -2.48. The molecule has 3 fully saturated rings. The summed E-state index contributed by atoms with van der Waals surface area (Å²) in [5.74, 6) is 1.74. The molecule has 5 aromatic heterocycles. The number of H-pyrrole nitrogens is 1. The Morgan fingerprint density at radius 3 is 2.33 bits per heavy atom. The Morgan fingerprint density at radius 1 is 0.866 bits per heavy atom. The van der Waals surface area contributed by atoms with Crippen LogP contribution in [0, 0.1) is 12.8 Å². The number of hydrogen-bond acceptors (Lipinski definition) is 12. The van der Waals surface area contributed by atoms with Crippen LogP contribution in [-0.2, 0) is 9.59 Å². The smallest absolute Gasteiger partial charge is 0.243 e. The van der Waals surface area contributed by atoms with Crippen molar-refractivity contribution in [2.45, 2.75) is 115 Å². The Labute approximate surface area is 394 Å². The van der Waals surface area contributed by atoms with Gasteiger partial charge in [0.1, 0.15) is 23.5 Å². The molecule has 67 heavy (non-hydrogen) atoms. The van der Waals surface area contributed by atoms with E-state index in [1.165, 1.54) is 11.1 Å². The number of rotatable bonds is 12. The second-order valence-corrected chi connectivity index (χ2v) is 19.9. The predicted octanol–water partition coefficient (Wildman–Crippen LogP) is 9.97. The van der Waals surface area contributed by atoms with E-state index in [1.807, 2.05) is 69.9 Å². The molecule has 14 nitrogen and oxygen atoms in total. The second-order valence-electron chi connectivity index (χ2n) is 19.1. The summed E-state index contributed by atoms with van der Waals surface area (Å²) in [6.07, 6.45) is 13.3.